The first-order valence-corrected chi connectivity index (χ1v) is 9.79. The molecule has 0 aliphatic rings. The van der Waals surface area contributed by atoms with Gasteiger partial charge in [-0.05, 0) is 31.2 Å². The minimum atomic E-state index is -4.53. The summed E-state index contributed by atoms with van der Waals surface area (Å²) in [6.45, 7) is 0.750. The van der Waals surface area contributed by atoms with Crippen LogP contribution in [0.2, 0.25) is 5.02 Å². The molecule has 0 radical (unpaired) electrons. The molecule has 0 aliphatic heterocycles. The Morgan fingerprint density at radius 2 is 1.91 bits per heavy atom. The first kappa shape index (κ1) is 24.2. The number of pyridine rings is 1. The number of hydrogen-bond donors (Lipinski definition) is 0. The SMILES string of the molecule is Cc1c(C(=O)OCC(=O)N(C)Cc2c(F)cccc2Cl)cnn1-c1ccc(C(F)(F)F)cn1. The van der Waals surface area contributed by atoms with E-state index >= 15 is 0 Å². The highest BCUT2D eigenvalue weighted by Gasteiger charge is 2.31. The highest BCUT2D eigenvalue weighted by molar-refractivity contribution is 6.31. The molecule has 2 heterocycles. The number of benzene rings is 1. The molecule has 0 unspecified atom stereocenters. The van der Waals surface area contributed by atoms with Crippen molar-refractivity contribution in [3.8, 4) is 5.82 Å². The van der Waals surface area contributed by atoms with Crippen molar-refractivity contribution >= 4 is 23.5 Å². The Labute approximate surface area is 190 Å². The van der Waals surface area contributed by atoms with E-state index in [4.69, 9.17) is 16.3 Å². The summed E-state index contributed by atoms with van der Waals surface area (Å²) in [5.41, 5.74) is -0.534. The van der Waals surface area contributed by atoms with Gasteiger partial charge in [-0.25, -0.2) is 18.9 Å². The Bertz CT molecular complexity index is 1160. The van der Waals surface area contributed by atoms with Crippen molar-refractivity contribution in [3.05, 3.63) is 75.9 Å². The quantitative estimate of drug-likeness (QED) is 0.387. The highest BCUT2D eigenvalue weighted by Crippen LogP contribution is 2.29. The van der Waals surface area contributed by atoms with Crippen LogP contribution in [0.25, 0.3) is 5.82 Å². The van der Waals surface area contributed by atoms with Crippen LogP contribution in [0.5, 0.6) is 0 Å². The molecule has 33 heavy (non-hydrogen) atoms. The number of likely N-dealkylation sites (N-methyl/N-ethyl adjacent to an activating group) is 1. The van der Waals surface area contributed by atoms with E-state index in [1.54, 1.807) is 0 Å². The third-order valence-corrected chi connectivity index (χ3v) is 5.09. The molecule has 2 aromatic heterocycles. The normalized spacial score (nSPS) is 11.4. The molecular weight excluding hydrogens is 468 g/mol. The third-order valence-electron chi connectivity index (χ3n) is 4.73. The van der Waals surface area contributed by atoms with Crippen molar-refractivity contribution in [2.24, 2.45) is 0 Å². The number of esters is 1. The summed E-state index contributed by atoms with van der Waals surface area (Å²) in [6, 6.07) is 6.10. The number of rotatable bonds is 6. The number of aromatic nitrogens is 3. The van der Waals surface area contributed by atoms with Crippen LogP contribution in [0.1, 0.15) is 27.2 Å². The first-order chi connectivity index (χ1) is 15.5. The van der Waals surface area contributed by atoms with Crippen molar-refractivity contribution in [1.82, 2.24) is 19.7 Å². The smallest absolute Gasteiger partial charge is 0.417 e. The Hall–Kier alpha value is -3.47. The van der Waals surface area contributed by atoms with Crippen molar-refractivity contribution in [2.45, 2.75) is 19.6 Å². The van der Waals surface area contributed by atoms with Crippen LogP contribution in [0.4, 0.5) is 17.6 Å². The number of amides is 1. The minimum Gasteiger partial charge on any atom is -0.452 e. The Morgan fingerprint density at radius 1 is 1.18 bits per heavy atom. The third kappa shape index (κ3) is 5.48. The van der Waals surface area contributed by atoms with Crippen LogP contribution >= 0.6 is 11.6 Å². The number of hydrogen-bond acceptors (Lipinski definition) is 5. The Balaban J connectivity index is 1.64. The second kappa shape index (κ2) is 9.57. The predicted octanol–water partition coefficient (Wildman–Crippen LogP) is 4.20. The molecule has 3 rings (SSSR count). The lowest BCUT2D eigenvalue weighted by atomic mass is 10.2. The second-order valence-electron chi connectivity index (χ2n) is 6.98. The first-order valence-electron chi connectivity index (χ1n) is 9.41. The maximum absolute atomic E-state index is 13.9. The summed E-state index contributed by atoms with van der Waals surface area (Å²) in [7, 11) is 1.40. The number of carbonyl (C=O) groups excluding carboxylic acids is 2. The lowest BCUT2D eigenvalue weighted by molar-refractivity contribution is -0.137. The average Bonchev–Trinajstić information content (AvgIpc) is 3.15. The molecule has 0 N–H and O–H groups in total. The van der Waals surface area contributed by atoms with Gasteiger partial charge in [-0.15, -0.1) is 0 Å². The van der Waals surface area contributed by atoms with Crippen LogP contribution in [-0.2, 0) is 22.3 Å². The maximum atomic E-state index is 13.9. The zero-order chi connectivity index (χ0) is 24.3. The van der Waals surface area contributed by atoms with Gasteiger partial charge in [0.15, 0.2) is 12.4 Å². The number of halogens is 5. The van der Waals surface area contributed by atoms with Crippen LogP contribution in [0.15, 0.2) is 42.7 Å². The van der Waals surface area contributed by atoms with E-state index in [9.17, 15) is 27.2 Å². The van der Waals surface area contributed by atoms with E-state index < -0.39 is 36.0 Å². The van der Waals surface area contributed by atoms with Gasteiger partial charge in [0, 0.05) is 30.4 Å². The molecule has 0 aliphatic carbocycles. The zero-order valence-electron chi connectivity index (χ0n) is 17.4. The molecule has 0 saturated heterocycles. The van der Waals surface area contributed by atoms with Gasteiger partial charge in [-0.1, -0.05) is 17.7 Å². The minimum absolute atomic E-state index is 0.00398. The van der Waals surface area contributed by atoms with E-state index in [-0.39, 0.29) is 34.2 Å². The van der Waals surface area contributed by atoms with E-state index in [2.05, 4.69) is 10.1 Å². The molecule has 0 spiro atoms. The monoisotopic (exact) mass is 484 g/mol. The molecule has 0 fully saturated rings. The lowest BCUT2D eigenvalue weighted by Crippen LogP contribution is -2.31. The number of nitrogens with zero attached hydrogens (tertiary/aromatic N) is 4. The topological polar surface area (TPSA) is 77.3 Å². The fourth-order valence-corrected chi connectivity index (χ4v) is 3.07. The number of ether oxygens (including phenoxy) is 1. The van der Waals surface area contributed by atoms with Gasteiger partial charge in [0.1, 0.15) is 11.4 Å². The van der Waals surface area contributed by atoms with Gasteiger partial charge in [0.2, 0.25) is 0 Å². The van der Waals surface area contributed by atoms with Crippen LogP contribution in [-0.4, -0.2) is 45.2 Å². The fraction of sp³-hybridized carbons (Fsp3) is 0.238. The zero-order valence-corrected chi connectivity index (χ0v) is 18.1. The van der Waals surface area contributed by atoms with Crippen molar-refractivity contribution in [2.75, 3.05) is 13.7 Å². The van der Waals surface area contributed by atoms with E-state index in [1.807, 2.05) is 0 Å². The molecule has 1 amide bonds. The second-order valence-corrected chi connectivity index (χ2v) is 7.39. The van der Waals surface area contributed by atoms with Crippen molar-refractivity contribution < 1.29 is 31.9 Å². The summed E-state index contributed by atoms with van der Waals surface area (Å²) in [4.78, 5) is 29.6. The molecule has 0 atom stereocenters. The molecule has 7 nitrogen and oxygen atoms in total. The van der Waals surface area contributed by atoms with E-state index in [0.717, 1.165) is 23.2 Å². The highest BCUT2D eigenvalue weighted by atomic mass is 35.5. The summed E-state index contributed by atoms with van der Waals surface area (Å²) < 4.78 is 58.2. The van der Waals surface area contributed by atoms with Crippen LogP contribution in [0.3, 0.4) is 0 Å². The Kier molecular flexibility index (Phi) is 7.01. The van der Waals surface area contributed by atoms with E-state index in [1.165, 1.54) is 36.9 Å². The Morgan fingerprint density at radius 3 is 2.52 bits per heavy atom. The summed E-state index contributed by atoms with van der Waals surface area (Å²) >= 11 is 5.95. The lowest BCUT2D eigenvalue weighted by Gasteiger charge is -2.18. The molecular formula is C21H17ClF4N4O3. The van der Waals surface area contributed by atoms with Crippen LogP contribution < -0.4 is 0 Å². The molecule has 1 aromatic carbocycles. The molecule has 174 valence electrons. The molecule has 0 saturated carbocycles. The number of carbonyl (C=O) groups is 2. The van der Waals surface area contributed by atoms with Gasteiger partial charge in [0.05, 0.1) is 17.5 Å². The molecule has 0 bridgehead atoms. The molecule has 3 aromatic rings. The largest absolute Gasteiger partial charge is 0.452 e. The fourth-order valence-electron chi connectivity index (χ4n) is 2.84. The van der Waals surface area contributed by atoms with Gasteiger partial charge in [-0.3, -0.25) is 4.79 Å². The average molecular weight is 485 g/mol. The summed E-state index contributed by atoms with van der Waals surface area (Å²) in [5.74, 6) is -1.97. The van der Waals surface area contributed by atoms with Crippen molar-refractivity contribution in [3.63, 3.8) is 0 Å². The van der Waals surface area contributed by atoms with E-state index in [0.29, 0.717) is 6.20 Å². The number of alkyl halides is 3. The van der Waals surface area contributed by atoms with Gasteiger partial charge in [-0.2, -0.15) is 18.3 Å². The predicted molar refractivity (Wildman–Crippen MR) is 109 cm³/mol. The van der Waals surface area contributed by atoms with Crippen molar-refractivity contribution in [1.29, 1.82) is 0 Å². The van der Waals surface area contributed by atoms with Crippen LogP contribution in [0, 0.1) is 12.7 Å². The van der Waals surface area contributed by atoms with Gasteiger partial charge in [0.25, 0.3) is 5.91 Å². The van der Waals surface area contributed by atoms with Gasteiger partial charge >= 0.3 is 12.1 Å². The standard InChI is InChI=1S/C21H17ClF4N4O3/c1-12-14(9-28-30(12)18-7-6-13(8-27-18)21(24,25)26)20(32)33-11-19(31)29(2)10-15-16(22)4-3-5-17(15)23/h3-9H,10-11H2,1-2H3. The van der Waals surface area contributed by atoms with Gasteiger partial charge < -0.3 is 9.64 Å². The summed E-state index contributed by atoms with van der Waals surface area (Å²) in [6.07, 6.45) is -2.72. The molecule has 12 heteroatoms. The summed E-state index contributed by atoms with van der Waals surface area (Å²) in [5, 5.41) is 4.12. The maximum Gasteiger partial charge on any atom is 0.417 e.